The molecule has 1 aliphatic heterocycles. The molecule has 1 saturated heterocycles. The molecule has 11 nitrogen and oxygen atoms in total. The summed E-state index contributed by atoms with van der Waals surface area (Å²) in [6.07, 6.45) is 3.91. The lowest BCUT2D eigenvalue weighted by atomic mass is 10.1. The average Bonchev–Trinajstić information content (AvgIpc) is 3.67. The first-order valence-corrected chi connectivity index (χ1v) is 15.2. The van der Waals surface area contributed by atoms with E-state index in [-0.39, 0.29) is 12.5 Å². The predicted molar refractivity (Wildman–Crippen MR) is 175 cm³/mol. The maximum atomic E-state index is 12.8. The molecule has 1 amide bonds. The number of H-pyrrole nitrogens is 1. The molecule has 3 heterocycles. The van der Waals surface area contributed by atoms with E-state index < -0.39 is 11.9 Å². The second kappa shape index (κ2) is 14.5. The fraction of sp³-hybridized carbons (Fsp3) is 0.212. The molecule has 6 rings (SSSR count). The van der Waals surface area contributed by atoms with E-state index in [1.165, 1.54) is 16.0 Å². The van der Waals surface area contributed by atoms with Crippen LogP contribution in [0.2, 0.25) is 0 Å². The number of para-hydroxylation sites is 1. The second-order valence-corrected chi connectivity index (χ2v) is 11.3. The number of carboxylic acid groups (broad SMARTS) is 2. The van der Waals surface area contributed by atoms with Crippen LogP contribution in [0.5, 0.6) is 5.75 Å². The maximum absolute atomic E-state index is 12.8. The van der Waals surface area contributed by atoms with Crippen LogP contribution >= 0.6 is 11.3 Å². The number of piperazine rings is 1. The van der Waals surface area contributed by atoms with Crippen LogP contribution < -0.4 is 15.4 Å². The molecular formula is C33H33N5O6S. The third-order valence-electron chi connectivity index (χ3n) is 7.29. The lowest BCUT2D eigenvalue weighted by molar-refractivity contribution is -0.134. The number of carbonyl (C=O) groups excluding carboxylic acids is 1. The number of hydrogen-bond acceptors (Lipinski definition) is 8. The number of thiazole rings is 1. The van der Waals surface area contributed by atoms with E-state index in [4.69, 9.17) is 25.7 Å². The highest BCUT2D eigenvalue weighted by Crippen LogP contribution is 2.31. The first-order valence-electron chi connectivity index (χ1n) is 14.4. The number of amides is 1. The van der Waals surface area contributed by atoms with Crippen LogP contribution in [0.25, 0.3) is 31.7 Å². The molecule has 1 fully saturated rings. The number of aromatic nitrogens is 2. The minimum atomic E-state index is -1.26. The molecule has 0 atom stereocenters. The van der Waals surface area contributed by atoms with Gasteiger partial charge in [-0.25, -0.2) is 14.6 Å². The lowest BCUT2D eigenvalue weighted by Crippen LogP contribution is -2.50. The van der Waals surface area contributed by atoms with Crippen LogP contribution in [0.1, 0.15) is 5.56 Å². The Morgan fingerprint density at radius 1 is 0.956 bits per heavy atom. The summed E-state index contributed by atoms with van der Waals surface area (Å²) in [6.45, 7) is 3.58. The van der Waals surface area contributed by atoms with Crippen LogP contribution in [0.15, 0.2) is 85.1 Å². The van der Waals surface area contributed by atoms with Gasteiger partial charge in [-0.1, -0.05) is 12.1 Å². The smallest absolute Gasteiger partial charge is 0.328 e. The van der Waals surface area contributed by atoms with E-state index in [2.05, 4.69) is 46.3 Å². The number of nitrogens with two attached hydrogens (primary N) is 1. The fourth-order valence-electron chi connectivity index (χ4n) is 5.01. The largest absolute Gasteiger partial charge is 0.484 e. The molecule has 0 bridgehead atoms. The molecule has 0 unspecified atom stereocenters. The summed E-state index contributed by atoms with van der Waals surface area (Å²) in [6, 6.07) is 22.7. The van der Waals surface area contributed by atoms with Crippen molar-refractivity contribution in [1.82, 2.24) is 14.9 Å². The van der Waals surface area contributed by atoms with Gasteiger partial charge in [0.15, 0.2) is 6.61 Å². The number of nitrogens with one attached hydrogen (secondary N) is 1. The van der Waals surface area contributed by atoms with Gasteiger partial charge in [-0.3, -0.25) is 4.79 Å². The van der Waals surface area contributed by atoms with E-state index >= 15 is 0 Å². The zero-order chi connectivity index (χ0) is 31.8. The highest BCUT2D eigenvalue weighted by atomic mass is 32.1. The number of anilines is 1. The van der Waals surface area contributed by atoms with E-state index in [9.17, 15) is 14.4 Å². The normalized spacial score (nSPS) is 13.2. The number of carboxylic acids is 2. The van der Waals surface area contributed by atoms with Crippen LogP contribution in [-0.4, -0.2) is 82.3 Å². The molecule has 5 aromatic rings. The monoisotopic (exact) mass is 627 g/mol. The van der Waals surface area contributed by atoms with E-state index in [1.54, 1.807) is 11.3 Å². The highest BCUT2D eigenvalue weighted by molar-refractivity contribution is 7.21. The lowest BCUT2D eigenvalue weighted by Gasteiger charge is -2.36. The maximum Gasteiger partial charge on any atom is 0.328 e. The second-order valence-electron chi connectivity index (χ2n) is 10.3. The summed E-state index contributed by atoms with van der Waals surface area (Å²) in [5, 5.41) is 17.8. The number of aliphatic carboxylic acids is 2. The van der Waals surface area contributed by atoms with Gasteiger partial charge in [0.2, 0.25) is 0 Å². The number of rotatable bonds is 9. The Bertz CT molecular complexity index is 1770. The molecule has 2 aromatic heterocycles. The van der Waals surface area contributed by atoms with Gasteiger partial charge < -0.3 is 35.5 Å². The van der Waals surface area contributed by atoms with Crippen molar-refractivity contribution in [2.24, 2.45) is 5.73 Å². The minimum Gasteiger partial charge on any atom is -0.484 e. The molecule has 3 aromatic carbocycles. The number of aromatic amines is 1. The van der Waals surface area contributed by atoms with Gasteiger partial charge in [0.05, 0.1) is 10.2 Å². The predicted octanol–water partition coefficient (Wildman–Crippen LogP) is 4.39. The van der Waals surface area contributed by atoms with Crippen molar-refractivity contribution >= 4 is 56.0 Å². The minimum absolute atomic E-state index is 0.0159. The summed E-state index contributed by atoms with van der Waals surface area (Å²) in [7, 11) is 0. The van der Waals surface area contributed by atoms with Gasteiger partial charge in [0.25, 0.3) is 5.91 Å². The Hall–Kier alpha value is -5.20. The number of hydrogen-bond donors (Lipinski definition) is 4. The number of nitrogens with zero attached hydrogens (tertiary/aromatic N) is 3. The molecule has 0 aliphatic carbocycles. The van der Waals surface area contributed by atoms with Gasteiger partial charge in [-0.15, -0.1) is 11.3 Å². The summed E-state index contributed by atoms with van der Waals surface area (Å²) in [4.78, 5) is 44.2. The number of fused-ring (bicyclic) bond motifs is 2. The molecule has 12 heteroatoms. The number of benzene rings is 3. The van der Waals surface area contributed by atoms with Crippen molar-refractivity contribution in [2.45, 2.75) is 6.42 Å². The molecule has 0 spiro atoms. The van der Waals surface area contributed by atoms with Crippen molar-refractivity contribution < 1.29 is 29.3 Å². The van der Waals surface area contributed by atoms with Crippen molar-refractivity contribution in [3.05, 3.63) is 90.6 Å². The van der Waals surface area contributed by atoms with Crippen LogP contribution in [0.3, 0.4) is 0 Å². The SMILES string of the molecule is NCCc1c[nH]c2ccc(OCC(=O)N3CCN(c4ccc(-c5nc6ccccc6s5)cc4)CC3)cc12.O=C(O)/C=C/C(=O)O. The molecular weight excluding hydrogens is 594 g/mol. The quantitative estimate of drug-likeness (QED) is 0.174. The number of carbonyl (C=O) groups is 3. The Kier molecular flexibility index (Phi) is 10.1. The topological polar surface area (TPSA) is 162 Å². The zero-order valence-corrected chi connectivity index (χ0v) is 25.2. The van der Waals surface area contributed by atoms with E-state index in [0.717, 1.165) is 46.5 Å². The van der Waals surface area contributed by atoms with E-state index in [1.807, 2.05) is 41.4 Å². The van der Waals surface area contributed by atoms with Gasteiger partial charge in [0.1, 0.15) is 10.8 Å². The molecule has 0 saturated carbocycles. The van der Waals surface area contributed by atoms with Crippen molar-refractivity contribution in [1.29, 1.82) is 0 Å². The van der Waals surface area contributed by atoms with E-state index in [0.29, 0.717) is 37.5 Å². The number of ether oxygens (including phenoxy) is 1. The summed E-state index contributed by atoms with van der Waals surface area (Å²) >= 11 is 1.71. The molecule has 1 aliphatic rings. The first-order chi connectivity index (χ1) is 21.8. The molecule has 0 radical (unpaired) electrons. The first kappa shape index (κ1) is 31.2. The van der Waals surface area contributed by atoms with Crippen molar-refractivity contribution in [2.75, 3.05) is 44.2 Å². The summed E-state index contributed by atoms with van der Waals surface area (Å²) in [5.41, 5.74) is 11.3. The highest BCUT2D eigenvalue weighted by Gasteiger charge is 2.22. The third-order valence-corrected chi connectivity index (χ3v) is 8.37. The standard InChI is InChI=1S/C29H29N5O2S.C4H4O4/c30-12-11-21-18-31-25-10-9-23(17-24(21)25)36-19-28(35)34-15-13-33(14-16-34)22-7-5-20(6-8-22)29-32-26-3-1-2-4-27(26)37-29;5-3(6)1-2-4(7)8/h1-10,17-18,31H,11-16,19,30H2;1-2H,(H,5,6)(H,7,8)/b;2-1+. The van der Waals surface area contributed by atoms with Crippen LogP contribution in [0, 0.1) is 0 Å². The van der Waals surface area contributed by atoms with Gasteiger partial charge >= 0.3 is 11.9 Å². The van der Waals surface area contributed by atoms with Gasteiger partial charge in [-0.2, -0.15) is 0 Å². The van der Waals surface area contributed by atoms with Gasteiger partial charge in [-0.05, 0) is 73.1 Å². The third kappa shape index (κ3) is 8.05. The fourth-order valence-corrected chi connectivity index (χ4v) is 5.98. The Labute approximate surface area is 263 Å². The van der Waals surface area contributed by atoms with Gasteiger partial charge in [0, 0.05) is 66.7 Å². The van der Waals surface area contributed by atoms with Crippen molar-refractivity contribution in [3.8, 4) is 16.3 Å². The zero-order valence-electron chi connectivity index (χ0n) is 24.4. The van der Waals surface area contributed by atoms with Crippen LogP contribution in [0.4, 0.5) is 5.69 Å². The Morgan fingerprint density at radius 2 is 1.67 bits per heavy atom. The van der Waals surface area contributed by atoms with Crippen molar-refractivity contribution in [3.63, 3.8) is 0 Å². The average molecular weight is 628 g/mol. The molecule has 45 heavy (non-hydrogen) atoms. The summed E-state index contributed by atoms with van der Waals surface area (Å²) in [5.74, 6) is -1.80. The summed E-state index contributed by atoms with van der Waals surface area (Å²) < 4.78 is 7.07. The Morgan fingerprint density at radius 3 is 2.33 bits per heavy atom. The molecule has 5 N–H and O–H groups in total. The molecule has 232 valence electrons. The Balaban J connectivity index is 0.000000444. The van der Waals surface area contributed by atoms with Crippen LogP contribution in [-0.2, 0) is 20.8 Å².